The number of benzene rings is 1. The van der Waals surface area contributed by atoms with Gasteiger partial charge in [-0.1, -0.05) is 6.07 Å². The number of imidazole rings is 1. The molecule has 0 saturated heterocycles. The Hall–Kier alpha value is -1.53. The Balaban J connectivity index is 2.13. The number of ether oxygens (including phenoxy) is 1. The molecule has 0 aliphatic heterocycles. The highest BCUT2D eigenvalue weighted by molar-refractivity contribution is 9.10. The predicted molar refractivity (Wildman–Crippen MR) is 81.8 cm³/mol. The van der Waals surface area contributed by atoms with Gasteiger partial charge in [0.1, 0.15) is 11.3 Å². The number of rotatable bonds is 3. The molecule has 4 nitrogen and oxygen atoms in total. The second kappa shape index (κ2) is 4.86. The van der Waals surface area contributed by atoms with Gasteiger partial charge in [0.25, 0.3) is 0 Å². The normalized spacial score (nSPS) is 11.1. The van der Waals surface area contributed by atoms with Crippen LogP contribution >= 0.6 is 27.3 Å². The molecule has 0 spiro atoms. The van der Waals surface area contributed by atoms with Crippen molar-refractivity contribution in [3.05, 3.63) is 39.0 Å². The van der Waals surface area contributed by atoms with Gasteiger partial charge in [-0.15, -0.1) is 11.3 Å². The molecule has 2 N–H and O–H groups in total. The number of nitrogens with two attached hydrogens (primary N) is 1. The number of nitrogens with zero attached hydrogens (tertiary/aromatic N) is 2. The van der Waals surface area contributed by atoms with E-state index in [1.165, 1.54) is 4.88 Å². The Morgan fingerprint density at radius 1 is 1.42 bits per heavy atom. The van der Waals surface area contributed by atoms with Crippen molar-refractivity contribution in [3.8, 4) is 5.75 Å². The third-order valence-electron chi connectivity index (χ3n) is 2.98. The van der Waals surface area contributed by atoms with E-state index in [-0.39, 0.29) is 0 Å². The van der Waals surface area contributed by atoms with E-state index < -0.39 is 0 Å². The van der Waals surface area contributed by atoms with Crippen LogP contribution in [0.4, 0.5) is 5.95 Å². The molecule has 3 rings (SSSR count). The fourth-order valence-corrected chi connectivity index (χ4v) is 3.52. The minimum absolute atomic E-state index is 0.500. The molecule has 0 aliphatic carbocycles. The number of halogens is 1. The summed E-state index contributed by atoms with van der Waals surface area (Å²) >= 11 is 5.23. The van der Waals surface area contributed by atoms with Crippen LogP contribution in [0.25, 0.3) is 11.0 Å². The molecule has 1 aromatic carbocycles. The van der Waals surface area contributed by atoms with Gasteiger partial charge in [0, 0.05) is 9.35 Å². The lowest BCUT2D eigenvalue weighted by Gasteiger charge is -2.06. The lowest BCUT2D eigenvalue weighted by atomic mass is 10.3. The van der Waals surface area contributed by atoms with Gasteiger partial charge in [0.05, 0.1) is 19.2 Å². The van der Waals surface area contributed by atoms with E-state index in [1.54, 1.807) is 18.4 Å². The molecule has 0 amide bonds. The Bertz CT molecular complexity index is 735. The van der Waals surface area contributed by atoms with Crippen molar-refractivity contribution >= 4 is 44.2 Å². The van der Waals surface area contributed by atoms with Crippen molar-refractivity contribution in [3.63, 3.8) is 0 Å². The topological polar surface area (TPSA) is 53.1 Å². The Kier molecular flexibility index (Phi) is 3.20. The molecule has 19 heavy (non-hydrogen) atoms. The highest BCUT2D eigenvalue weighted by atomic mass is 79.9. The Morgan fingerprint density at radius 3 is 2.95 bits per heavy atom. The van der Waals surface area contributed by atoms with E-state index in [4.69, 9.17) is 10.5 Å². The summed E-state index contributed by atoms with van der Waals surface area (Å²) in [6.45, 7) is 0.702. The van der Waals surface area contributed by atoms with Crippen molar-refractivity contribution in [1.82, 2.24) is 9.55 Å². The molecular weight excluding hydrogens is 326 g/mol. The molecule has 3 aromatic rings. The van der Waals surface area contributed by atoms with Crippen molar-refractivity contribution in [2.75, 3.05) is 12.8 Å². The third kappa shape index (κ3) is 2.11. The first kappa shape index (κ1) is 12.5. The van der Waals surface area contributed by atoms with E-state index in [1.807, 2.05) is 28.8 Å². The summed E-state index contributed by atoms with van der Waals surface area (Å²) in [5.41, 5.74) is 7.81. The van der Waals surface area contributed by atoms with Gasteiger partial charge in [0.2, 0.25) is 5.95 Å². The molecule has 0 atom stereocenters. The standard InChI is InChI=1S/C13H12BrN3OS/c1-18-10-4-2-3-9-12(10)16-13(15)17(9)7-11-8(14)5-6-19-11/h2-6H,7H2,1H3,(H2,15,16). The van der Waals surface area contributed by atoms with Crippen molar-refractivity contribution in [2.24, 2.45) is 0 Å². The van der Waals surface area contributed by atoms with E-state index in [9.17, 15) is 0 Å². The number of fused-ring (bicyclic) bond motifs is 1. The third-order valence-corrected chi connectivity index (χ3v) is 4.90. The van der Waals surface area contributed by atoms with Gasteiger partial charge < -0.3 is 15.0 Å². The van der Waals surface area contributed by atoms with Gasteiger partial charge in [-0.05, 0) is 39.5 Å². The van der Waals surface area contributed by atoms with Gasteiger partial charge in [-0.2, -0.15) is 0 Å². The molecule has 0 bridgehead atoms. The van der Waals surface area contributed by atoms with Crippen LogP contribution in [-0.2, 0) is 6.54 Å². The fraction of sp³-hybridized carbons (Fsp3) is 0.154. The zero-order valence-corrected chi connectivity index (χ0v) is 12.7. The average Bonchev–Trinajstić information content (AvgIpc) is 2.95. The van der Waals surface area contributed by atoms with Gasteiger partial charge in [-0.25, -0.2) is 4.98 Å². The van der Waals surface area contributed by atoms with Gasteiger partial charge in [-0.3, -0.25) is 0 Å². The molecule has 0 fully saturated rings. The quantitative estimate of drug-likeness (QED) is 0.795. The van der Waals surface area contributed by atoms with Gasteiger partial charge in [0.15, 0.2) is 0 Å². The maximum absolute atomic E-state index is 6.03. The first-order valence-electron chi connectivity index (χ1n) is 5.71. The van der Waals surface area contributed by atoms with Crippen LogP contribution in [0.3, 0.4) is 0 Å². The Labute approximate surface area is 123 Å². The monoisotopic (exact) mass is 337 g/mol. The lowest BCUT2D eigenvalue weighted by molar-refractivity contribution is 0.419. The van der Waals surface area contributed by atoms with Crippen LogP contribution in [0.15, 0.2) is 34.1 Å². The summed E-state index contributed by atoms with van der Waals surface area (Å²) < 4.78 is 8.41. The summed E-state index contributed by atoms with van der Waals surface area (Å²) in [5.74, 6) is 1.24. The SMILES string of the molecule is COc1cccc2c1nc(N)n2Cc1sccc1Br. The fourth-order valence-electron chi connectivity index (χ4n) is 2.05. The summed E-state index contributed by atoms with van der Waals surface area (Å²) in [4.78, 5) is 5.62. The first-order valence-corrected chi connectivity index (χ1v) is 7.38. The largest absolute Gasteiger partial charge is 0.494 e. The minimum Gasteiger partial charge on any atom is -0.494 e. The molecule has 6 heteroatoms. The van der Waals surface area contributed by atoms with Crippen LogP contribution in [-0.4, -0.2) is 16.7 Å². The van der Waals surface area contributed by atoms with Crippen LogP contribution in [0.2, 0.25) is 0 Å². The summed E-state index contributed by atoms with van der Waals surface area (Å²) in [6.07, 6.45) is 0. The maximum Gasteiger partial charge on any atom is 0.201 e. The zero-order valence-electron chi connectivity index (χ0n) is 10.3. The van der Waals surface area contributed by atoms with Crippen LogP contribution in [0.5, 0.6) is 5.75 Å². The number of para-hydroxylation sites is 1. The summed E-state index contributed by atoms with van der Waals surface area (Å²) in [6, 6.07) is 7.88. The molecule has 0 saturated carbocycles. The number of aromatic nitrogens is 2. The van der Waals surface area contributed by atoms with Crippen LogP contribution < -0.4 is 10.5 Å². The van der Waals surface area contributed by atoms with E-state index in [0.29, 0.717) is 12.5 Å². The van der Waals surface area contributed by atoms with Crippen molar-refractivity contribution < 1.29 is 4.74 Å². The lowest BCUT2D eigenvalue weighted by Crippen LogP contribution is -2.03. The van der Waals surface area contributed by atoms with E-state index >= 15 is 0 Å². The molecule has 2 aromatic heterocycles. The molecule has 0 aliphatic rings. The first-order chi connectivity index (χ1) is 9.20. The smallest absolute Gasteiger partial charge is 0.201 e. The number of hydrogen-bond acceptors (Lipinski definition) is 4. The van der Waals surface area contributed by atoms with Crippen LogP contribution in [0, 0.1) is 0 Å². The highest BCUT2D eigenvalue weighted by Gasteiger charge is 2.13. The van der Waals surface area contributed by atoms with Crippen molar-refractivity contribution in [2.45, 2.75) is 6.54 Å². The van der Waals surface area contributed by atoms with Crippen molar-refractivity contribution in [1.29, 1.82) is 0 Å². The summed E-state index contributed by atoms with van der Waals surface area (Å²) in [5, 5.41) is 2.05. The molecule has 0 radical (unpaired) electrons. The highest BCUT2D eigenvalue weighted by Crippen LogP contribution is 2.30. The Morgan fingerprint density at radius 2 is 2.26 bits per heavy atom. The molecule has 0 unspecified atom stereocenters. The predicted octanol–water partition coefficient (Wildman–Crippen LogP) is 3.50. The minimum atomic E-state index is 0.500. The second-order valence-corrected chi connectivity index (χ2v) is 5.93. The average molecular weight is 338 g/mol. The molecule has 98 valence electrons. The van der Waals surface area contributed by atoms with Gasteiger partial charge >= 0.3 is 0 Å². The number of nitrogen functional groups attached to an aromatic ring is 1. The number of anilines is 1. The van der Waals surface area contributed by atoms with Crippen LogP contribution in [0.1, 0.15) is 4.88 Å². The maximum atomic E-state index is 6.03. The summed E-state index contributed by atoms with van der Waals surface area (Å²) in [7, 11) is 1.64. The van der Waals surface area contributed by atoms with E-state index in [0.717, 1.165) is 21.3 Å². The zero-order chi connectivity index (χ0) is 13.4. The number of methoxy groups -OCH3 is 1. The van der Waals surface area contributed by atoms with E-state index in [2.05, 4.69) is 26.3 Å². The molecule has 2 heterocycles. The molecular formula is C13H12BrN3OS. The second-order valence-electron chi connectivity index (χ2n) is 4.08. The number of hydrogen-bond donors (Lipinski definition) is 1. The number of thiophene rings is 1.